The maximum Gasteiger partial charge on any atom is 0.0692 e. The van der Waals surface area contributed by atoms with Crippen LogP contribution in [0.1, 0.15) is 19.3 Å². The van der Waals surface area contributed by atoms with Crippen LogP contribution < -0.4 is 17.2 Å². The van der Waals surface area contributed by atoms with E-state index >= 15 is 0 Å². The second kappa shape index (κ2) is 9.42. The van der Waals surface area contributed by atoms with Gasteiger partial charge in [0.25, 0.3) is 0 Å². The van der Waals surface area contributed by atoms with Crippen LogP contribution in [0.25, 0.3) is 0 Å². The molecule has 7 N–H and O–H groups in total. The van der Waals surface area contributed by atoms with Crippen LogP contribution in [0.3, 0.4) is 0 Å². The fourth-order valence-corrected chi connectivity index (χ4v) is 0.926. The van der Waals surface area contributed by atoms with Crippen molar-refractivity contribution in [1.82, 2.24) is 0 Å². The number of aliphatic hydroxyl groups excluding tert-OH is 1. The van der Waals surface area contributed by atoms with E-state index in [4.69, 9.17) is 17.2 Å². The molecule has 0 aliphatic carbocycles. The molecular formula is C7H19N3NiO. The zero-order valence-corrected chi connectivity index (χ0v) is 8.17. The quantitative estimate of drug-likeness (QED) is 0.420. The summed E-state index contributed by atoms with van der Waals surface area (Å²) in [7, 11) is 0. The molecule has 0 spiro atoms. The summed E-state index contributed by atoms with van der Waals surface area (Å²) in [6.07, 6.45) is 1.73. The van der Waals surface area contributed by atoms with Gasteiger partial charge in [0.15, 0.2) is 0 Å². The van der Waals surface area contributed by atoms with Crippen molar-refractivity contribution in [3.63, 3.8) is 0 Å². The van der Waals surface area contributed by atoms with Crippen molar-refractivity contribution in [1.29, 1.82) is 0 Å². The van der Waals surface area contributed by atoms with Crippen LogP contribution >= 0.6 is 0 Å². The fourth-order valence-electron chi connectivity index (χ4n) is 0.926. The molecule has 0 aromatic rings. The van der Waals surface area contributed by atoms with Crippen molar-refractivity contribution in [2.45, 2.75) is 31.4 Å². The Morgan fingerprint density at radius 1 is 1.08 bits per heavy atom. The standard InChI is InChI=1S/C7H19N3O.Ni/c8-4-1-2-7(11)6(10)3-5-9;/h6-7,11H,1-5,8-10H2;. The molecule has 0 saturated heterocycles. The fraction of sp³-hybridized carbons (Fsp3) is 1.00. The van der Waals surface area contributed by atoms with E-state index in [1.807, 2.05) is 0 Å². The van der Waals surface area contributed by atoms with Crippen molar-refractivity contribution < 1.29 is 21.6 Å². The van der Waals surface area contributed by atoms with Gasteiger partial charge in [-0.1, -0.05) is 0 Å². The molecule has 0 aliphatic rings. The summed E-state index contributed by atoms with van der Waals surface area (Å²) < 4.78 is 0. The van der Waals surface area contributed by atoms with Crippen molar-refractivity contribution in [2.75, 3.05) is 13.1 Å². The molecule has 4 nitrogen and oxygen atoms in total. The van der Waals surface area contributed by atoms with Gasteiger partial charge in [-0.15, -0.1) is 0 Å². The molecule has 0 bridgehead atoms. The second-order valence-corrected chi connectivity index (χ2v) is 2.74. The summed E-state index contributed by atoms with van der Waals surface area (Å²) in [5.41, 5.74) is 16.2. The summed E-state index contributed by atoms with van der Waals surface area (Å²) in [4.78, 5) is 0. The van der Waals surface area contributed by atoms with Crippen molar-refractivity contribution in [2.24, 2.45) is 17.2 Å². The van der Waals surface area contributed by atoms with E-state index in [1.165, 1.54) is 0 Å². The molecule has 0 fully saturated rings. The third-order valence-electron chi connectivity index (χ3n) is 1.70. The van der Waals surface area contributed by atoms with Crippen LogP contribution in [0.2, 0.25) is 0 Å². The van der Waals surface area contributed by atoms with Gasteiger partial charge < -0.3 is 22.3 Å². The van der Waals surface area contributed by atoms with Crippen molar-refractivity contribution >= 4 is 0 Å². The van der Waals surface area contributed by atoms with Gasteiger partial charge in [-0.05, 0) is 32.4 Å². The summed E-state index contributed by atoms with van der Waals surface area (Å²) in [5, 5.41) is 9.34. The molecule has 12 heavy (non-hydrogen) atoms. The third kappa shape index (κ3) is 7.01. The Morgan fingerprint density at radius 2 is 1.67 bits per heavy atom. The molecule has 0 rings (SSSR count). The topological polar surface area (TPSA) is 98.3 Å². The van der Waals surface area contributed by atoms with E-state index in [1.54, 1.807) is 0 Å². The summed E-state index contributed by atoms with van der Waals surface area (Å²) in [6, 6.07) is -0.188. The number of hydrogen-bond acceptors (Lipinski definition) is 4. The van der Waals surface area contributed by atoms with E-state index in [0.717, 1.165) is 6.42 Å². The van der Waals surface area contributed by atoms with Crippen LogP contribution in [0, 0.1) is 0 Å². The predicted molar refractivity (Wildman–Crippen MR) is 45.9 cm³/mol. The Morgan fingerprint density at radius 3 is 2.08 bits per heavy atom. The molecule has 2 unspecified atom stereocenters. The first kappa shape index (κ1) is 14.8. The maximum atomic E-state index is 9.34. The van der Waals surface area contributed by atoms with Gasteiger partial charge in [-0.2, -0.15) is 0 Å². The van der Waals surface area contributed by atoms with Gasteiger partial charge in [0.05, 0.1) is 6.10 Å². The van der Waals surface area contributed by atoms with E-state index in [2.05, 4.69) is 0 Å². The molecule has 0 aliphatic heterocycles. The average molecular weight is 220 g/mol. The maximum absolute atomic E-state index is 9.34. The Kier molecular flexibility index (Phi) is 11.6. The second-order valence-electron chi connectivity index (χ2n) is 2.74. The van der Waals surface area contributed by atoms with E-state index < -0.39 is 6.10 Å². The third-order valence-corrected chi connectivity index (χ3v) is 1.70. The molecule has 0 aromatic carbocycles. The first-order valence-corrected chi connectivity index (χ1v) is 4.06. The smallest absolute Gasteiger partial charge is 0.0692 e. The molecule has 0 radical (unpaired) electrons. The van der Waals surface area contributed by atoms with Crippen LogP contribution in [-0.4, -0.2) is 30.3 Å². The van der Waals surface area contributed by atoms with Crippen LogP contribution in [0.15, 0.2) is 0 Å². The monoisotopic (exact) mass is 219 g/mol. The molecular weight excluding hydrogens is 201 g/mol. The molecule has 0 heterocycles. The van der Waals surface area contributed by atoms with Crippen molar-refractivity contribution in [3.8, 4) is 0 Å². The largest absolute Gasteiger partial charge is 0.392 e. The number of aliphatic hydroxyl groups is 1. The van der Waals surface area contributed by atoms with E-state index in [9.17, 15) is 5.11 Å². The Labute approximate surface area is 83.8 Å². The predicted octanol–water partition coefficient (Wildman–Crippen LogP) is -1.24. The van der Waals surface area contributed by atoms with Gasteiger partial charge in [0.2, 0.25) is 0 Å². The van der Waals surface area contributed by atoms with E-state index in [-0.39, 0.29) is 22.5 Å². The van der Waals surface area contributed by atoms with Gasteiger partial charge in [-0.3, -0.25) is 0 Å². The Bertz CT molecular complexity index is 94.7. The van der Waals surface area contributed by atoms with Crippen LogP contribution in [0.5, 0.6) is 0 Å². The van der Waals surface area contributed by atoms with Crippen molar-refractivity contribution in [3.05, 3.63) is 0 Å². The SMILES string of the molecule is NCCCC(O)C(N)CCN.[Ni]. The minimum Gasteiger partial charge on any atom is -0.392 e. The van der Waals surface area contributed by atoms with E-state index in [0.29, 0.717) is 25.9 Å². The first-order valence-electron chi connectivity index (χ1n) is 4.06. The minimum absolute atomic E-state index is 0. The molecule has 0 aromatic heterocycles. The summed E-state index contributed by atoms with van der Waals surface area (Å²) in [6.45, 7) is 1.13. The average Bonchev–Trinajstić information content (AvgIpc) is 2.00. The summed E-state index contributed by atoms with van der Waals surface area (Å²) in [5.74, 6) is 0. The first-order chi connectivity index (χ1) is 5.22. The molecule has 2 atom stereocenters. The van der Waals surface area contributed by atoms with Gasteiger partial charge >= 0.3 is 0 Å². The zero-order chi connectivity index (χ0) is 8.69. The molecule has 0 saturated carbocycles. The van der Waals surface area contributed by atoms with Crippen LogP contribution in [-0.2, 0) is 16.5 Å². The molecule has 78 valence electrons. The van der Waals surface area contributed by atoms with Crippen LogP contribution in [0.4, 0.5) is 0 Å². The molecule has 0 amide bonds. The van der Waals surface area contributed by atoms with Gasteiger partial charge in [-0.25, -0.2) is 0 Å². The number of nitrogens with two attached hydrogens (primary N) is 3. The van der Waals surface area contributed by atoms with Gasteiger partial charge in [0, 0.05) is 22.5 Å². The Hall–Kier alpha value is 0.334. The normalized spacial score (nSPS) is 15.0. The molecule has 5 heteroatoms. The number of hydrogen-bond donors (Lipinski definition) is 4. The van der Waals surface area contributed by atoms with Gasteiger partial charge in [0.1, 0.15) is 0 Å². The summed E-state index contributed by atoms with van der Waals surface area (Å²) >= 11 is 0. The Balaban J connectivity index is 0. The zero-order valence-electron chi connectivity index (χ0n) is 7.19. The number of rotatable bonds is 6. The minimum atomic E-state index is -0.443.